The Labute approximate surface area is 87.3 Å². The highest BCUT2D eigenvalue weighted by Gasteiger charge is 1.90. The lowest BCUT2D eigenvalue weighted by molar-refractivity contribution is 0.203. The van der Waals surface area contributed by atoms with Crippen molar-refractivity contribution in [2.45, 2.75) is 45.6 Å². The van der Waals surface area contributed by atoms with Gasteiger partial charge in [-0.15, -0.1) is 0 Å². The van der Waals surface area contributed by atoms with Crippen LogP contribution < -0.4 is 0 Å². The van der Waals surface area contributed by atoms with Crippen molar-refractivity contribution in [3.8, 4) is 0 Å². The van der Waals surface area contributed by atoms with Crippen LogP contribution in [0.2, 0.25) is 0 Å². The summed E-state index contributed by atoms with van der Waals surface area (Å²) in [5.74, 6) is 0. The molecule has 0 bridgehead atoms. The van der Waals surface area contributed by atoms with Crippen LogP contribution >= 0.6 is 0 Å². The van der Waals surface area contributed by atoms with Crippen molar-refractivity contribution >= 4 is 0 Å². The van der Waals surface area contributed by atoms with Gasteiger partial charge in [0.15, 0.2) is 0 Å². The molecule has 0 heterocycles. The van der Waals surface area contributed by atoms with E-state index >= 15 is 0 Å². The molecular formula is C12H22O2. The van der Waals surface area contributed by atoms with Crippen LogP contribution in [0.1, 0.15) is 39.5 Å². The molecule has 1 unspecified atom stereocenters. The summed E-state index contributed by atoms with van der Waals surface area (Å²) in [6.45, 7) is 4.41. The van der Waals surface area contributed by atoms with Crippen LogP contribution in [-0.2, 0) is 4.74 Å². The molecule has 0 spiro atoms. The van der Waals surface area contributed by atoms with Gasteiger partial charge in [0.05, 0.1) is 6.26 Å². The van der Waals surface area contributed by atoms with E-state index in [-0.39, 0.29) is 12.7 Å². The van der Waals surface area contributed by atoms with Gasteiger partial charge in [-0.25, -0.2) is 0 Å². The second-order valence-corrected chi connectivity index (χ2v) is 3.27. The Morgan fingerprint density at radius 2 is 2.07 bits per heavy atom. The molecule has 0 aliphatic carbocycles. The van der Waals surface area contributed by atoms with Gasteiger partial charge in [0, 0.05) is 6.61 Å². The van der Waals surface area contributed by atoms with E-state index in [1.54, 1.807) is 6.26 Å². The zero-order valence-corrected chi connectivity index (χ0v) is 9.28. The molecule has 1 N–H and O–H groups in total. The first-order valence-corrected chi connectivity index (χ1v) is 5.39. The van der Waals surface area contributed by atoms with Crippen molar-refractivity contribution in [2.75, 3.05) is 6.61 Å². The number of rotatable bonds is 8. The van der Waals surface area contributed by atoms with Gasteiger partial charge in [0.2, 0.25) is 0 Å². The van der Waals surface area contributed by atoms with Crippen molar-refractivity contribution in [3.05, 3.63) is 24.5 Å². The van der Waals surface area contributed by atoms with Gasteiger partial charge >= 0.3 is 0 Å². The van der Waals surface area contributed by atoms with Crippen LogP contribution in [-0.4, -0.2) is 17.8 Å². The largest absolute Gasteiger partial charge is 0.495 e. The molecule has 2 nitrogen and oxygen atoms in total. The summed E-state index contributed by atoms with van der Waals surface area (Å²) in [5.41, 5.74) is 0. The second kappa shape index (κ2) is 10.3. The maximum Gasteiger partial charge on any atom is 0.113 e. The molecule has 0 fully saturated rings. The molecule has 1 atom stereocenters. The number of hydrogen-bond donors (Lipinski definition) is 1. The lowest BCUT2D eigenvalue weighted by Gasteiger charge is -2.04. The fourth-order valence-electron chi connectivity index (χ4n) is 0.995. The monoisotopic (exact) mass is 198 g/mol. The van der Waals surface area contributed by atoms with Gasteiger partial charge in [0.25, 0.3) is 0 Å². The molecule has 0 aromatic rings. The molecule has 0 aliphatic rings. The van der Waals surface area contributed by atoms with Crippen molar-refractivity contribution < 1.29 is 9.84 Å². The zero-order valence-electron chi connectivity index (χ0n) is 9.28. The quantitative estimate of drug-likeness (QED) is 0.369. The first kappa shape index (κ1) is 13.2. The van der Waals surface area contributed by atoms with Crippen molar-refractivity contribution in [1.82, 2.24) is 0 Å². The van der Waals surface area contributed by atoms with Gasteiger partial charge in [-0.3, -0.25) is 0 Å². The fraction of sp³-hybridized carbons (Fsp3) is 0.667. The van der Waals surface area contributed by atoms with E-state index in [0.717, 1.165) is 25.7 Å². The van der Waals surface area contributed by atoms with Gasteiger partial charge in [0.1, 0.15) is 6.10 Å². The third-order valence-electron chi connectivity index (χ3n) is 1.81. The predicted molar refractivity (Wildman–Crippen MR) is 60.1 cm³/mol. The molecule has 0 radical (unpaired) electrons. The zero-order chi connectivity index (χ0) is 10.6. The maximum atomic E-state index is 8.54. The number of unbranched alkanes of at least 4 members (excludes halogenated alkanes) is 2. The van der Waals surface area contributed by atoms with E-state index in [4.69, 9.17) is 9.84 Å². The van der Waals surface area contributed by atoms with Crippen LogP contribution in [0.15, 0.2) is 24.5 Å². The van der Waals surface area contributed by atoms with E-state index in [1.807, 2.05) is 13.0 Å². The summed E-state index contributed by atoms with van der Waals surface area (Å²) in [7, 11) is 0. The van der Waals surface area contributed by atoms with Crippen molar-refractivity contribution in [1.29, 1.82) is 0 Å². The average Bonchev–Trinajstić information content (AvgIpc) is 2.20. The van der Waals surface area contributed by atoms with Crippen molar-refractivity contribution in [3.63, 3.8) is 0 Å². The highest BCUT2D eigenvalue weighted by atomic mass is 16.5. The minimum Gasteiger partial charge on any atom is -0.495 e. The maximum absolute atomic E-state index is 8.54. The Morgan fingerprint density at radius 3 is 2.71 bits per heavy atom. The molecule has 2 heteroatoms. The predicted octanol–water partition coefficient (Wildman–Crippen LogP) is 3.03. The third-order valence-corrected chi connectivity index (χ3v) is 1.81. The molecule has 0 aromatic heterocycles. The Hall–Kier alpha value is -0.760. The highest BCUT2D eigenvalue weighted by molar-refractivity contribution is 4.88. The van der Waals surface area contributed by atoms with E-state index in [9.17, 15) is 0 Å². The summed E-state index contributed by atoms with van der Waals surface area (Å²) in [6, 6.07) is 0. The molecule has 0 amide bonds. The Balaban J connectivity index is 3.36. The lowest BCUT2D eigenvalue weighted by atomic mass is 10.2. The van der Waals surface area contributed by atoms with Gasteiger partial charge < -0.3 is 9.84 Å². The molecule has 0 rings (SSSR count). The van der Waals surface area contributed by atoms with Crippen LogP contribution in [0.25, 0.3) is 0 Å². The average molecular weight is 198 g/mol. The smallest absolute Gasteiger partial charge is 0.113 e. The van der Waals surface area contributed by atoms with E-state index in [0.29, 0.717) is 0 Å². The molecular weight excluding hydrogens is 176 g/mol. The highest BCUT2D eigenvalue weighted by Crippen LogP contribution is 1.99. The summed E-state index contributed by atoms with van der Waals surface area (Å²) in [5, 5.41) is 8.54. The summed E-state index contributed by atoms with van der Waals surface area (Å²) in [6.07, 6.45) is 12.0. The molecule has 0 saturated carbocycles. The molecule has 0 aromatic carbocycles. The summed E-state index contributed by atoms with van der Waals surface area (Å²) >= 11 is 0. The normalized spacial score (nSPS) is 13.9. The number of allylic oxidation sites excluding steroid dienone is 2. The van der Waals surface area contributed by atoms with Crippen LogP contribution in [0.4, 0.5) is 0 Å². The number of hydrogen-bond acceptors (Lipinski definition) is 2. The van der Waals surface area contributed by atoms with Crippen LogP contribution in [0.3, 0.4) is 0 Å². The number of aliphatic hydroxyl groups excluding tert-OH is 1. The number of ether oxygens (including phenoxy) is 1. The standard InChI is InChI=1S/C12H22O2/c1-3-4-9-12(2)14-11-8-6-5-7-10-13/h4,8-9,11-13H,3,5-7,10H2,1-2H3. The van der Waals surface area contributed by atoms with Crippen LogP contribution in [0.5, 0.6) is 0 Å². The molecule has 0 aliphatic heterocycles. The minimum atomic E-state index is 0.157. The van der Waals surface area contributed by atoms with Crippen LogP contribution in [0, 0.1) is 0 Å². The Kier molecular flexibility index (Phi) is 9.76. The second-order valence-electron chi connectivity index (χ2n) is 3.27. The lowest BCUT2D eigenvalue weighted by Crippen LogP contribution is -1.97. The van der Waals surface area contributed by atoms with E-state index < -0.39 is 0 Å². The SMILES string of the molecule is CCC=CC(C)OC=CCCCCO. The van der Waals surface area contributed by atoms with Gasteiger partial charge in [-0.05, 0) is 44.8 Å². The van der Waals surface area contributed by atoms with Crippen molar-refractivity contribution in [2.24, 2.45) is 0 Å². The first-order chi connectivity index (χ1) is 6.81. The minimum absolute atomic E-state index is 0.157. The van der Waals surface area contributed by atoms with E-state index in [1.165, 1.54) is 0 Å². The Bertz CT molecular complexity index is 162. The van der Waals surface area contributed by atoms with E-state index in [2.05, 4.69) is 19.1 Å². The molecule has 82 valence electrons. The fourth-order valence-corrected chi connectivity index (χ4v) is 0.995. The topological polar surface area (TPSA) is 29.5 Å². The molecule has 14 heavy (non-hydrogen) atoms. The third kappa shape index (κ3) is 9.33. The number of aliphatic hydroxyl groups is 1. The summed E-state index contributed by atoms with van der Waals surface area (Å²) < 4.78 is 5.39. The Morgan fingerprint density at radius 1 is 1.29 bits per heavy atom. The van der Waals surface area contributed by atoms with Gasteiger partial charge in [-0.1, -0.05) is 13.0 Å². The molecule has 0 saturated heterocycles. The summed E-state index contributed by atoms with van der Waals surface area (Å²) in [4.78, 5) is 0. The van der Waals surface area contributed by atoms with Gasteiger partial charge in [-0.2, -0.15) is 0 Å². The first-order valence-electron chi connectivity index (χ1n) is 5.39.